The standard InChI is InChI=1S/C16H26O3/c1-15(2,3)19-14-11(10-17)9-16(4)8-6-5-7-12(18)13(14)16/h10-11,13-14H,5-9H2,1-4H3/t11-,13+,14-,16-/m1/s1. The average molecular weight is 266 g/mol. The van der Waals surface area contributed by atoms with Crippen molar-refractivity contribution < 1.29 is 14.3 Å². The van der Waals surface area contributed by atoms with E-state index in [0.717, 1.165) is 32.0 Å². The maximum atomic E-state index is 12.5. The fourth-order valence-electron chi connectivity index (χ4n) is 3.93. The van der Waals surface area contributed by atoms with Crippen LogP contribution in [-0.4, -0.2) is 23.8 Å². The van der Waals surface area contributed by atoms with E-state index in [1.807, 2.05) is 20.8 Å². The van der Waals surface area contributed by atoms with Gasteiger partial charge >= 0.3 is 0 Å². The Bertz CT molecular complexity index is 369. The quantitative estimate of drug-likeness (QED) is 0.721. The van der Waals surface area contributed by atoms with Crippen LogP contribution in [0.1, 0.15) is 59.8 Å². The van der Waals surface area contributed by atoms with Crippen LogP contribution in [0.25, 0.3) is 0 Å². The molecule has 2 rings (SSSR count). The van der Waals surface area contributed by atoms with E-state index in [1.165, 1.54) is 0 Å². The van der Waals surface area contributed by atoms with Crippen LogP contribution in [0.2, 0.25) is 0 Å². The second-order valence-corrected chi connectivity index (χ2v) is 7.50. The van der Waals surface area contributed by atoms with E-state index in [-0.39, 0.29) is 29.0 Å². The van der Waals surface area contributed by atoms with Gasteiger partial charge in [0.05, 0.1) is 11.7 Å². The summed E-state index contributed by atoms with van der Waals surface area (Å²) in [6.45, 7) is 8.15. The number of carbonyl (C=O) groups excluding carboxylic acids is 2. The molecule has 0 bridgehead atoms. The number of rotatable bonds is 2. The first-order valence-corrected chi connectivity index (χ1v) is 7.43. The van der Waals surface area contributed by atoms with Crippen LogP contribution in [0.3, 0.4) is 0 Å². The first-order valence-electron chi connectivity index (χ1n) is 7.43. The number of fused-ring (bicyclic) bond motifs is 1. The molecule has 3 nitrogen and oxygen atoms in total. The van der Waals surface area contributed by atoms with Crippen molar-refractivity contribution in [1.82, 2.24) is 0 Å². The molecule has 2 aliphatic rings. The van der Waals surface area contributed by atoms with Gasteiger partial charge in [-0.15, -0.1) is 0 Å². The Morgan fingerprint density at radius 3 is 2.58 bits per heavy atom. The second-order valence-electron chi connectivity index (χ2n) is 7.50. The Labute approximate surface area is 116 Å². The first-order chi connectivity index (χ1) is 8.77. The van der Waals surface area contributed by atoms with Gasteiger partial charge in [-0.25, -0.2) is 0 Å². The zero-order valence-electron chi connectivity index (χ0n) is 12.6. The van der Waals surface area contributed by atoms with Crippen LogP contribution in [0, 0.1) is 17.3 Å². The van der Waals surface area contributed by atoms with Gasteiger partial charge in [-0.05, 0) is 45.4 Å². The third-order valence-corrected chi connectivity index (χ3v) is 4.64. The molecule has 0 unspecified atom stereocenters. The summed E-state index contributed by atoms with van der Waals surface area (Å²) in [4.78, 5) is 23.9. The summed E-state index contributed by atoms with van der Waals surface area (Å²) in [6, 6.07) is 0. The van der Waals surface area contributed by atoms with E-state index in [4.69, 9.17) is 4.74 Å². The van der Waals surface area contributed by atoms with Gasteiger partial charge in [0.2, 0.25) is 0 Å². The topological polar surface area (TPSA) is 43.4 Å². The van der Waals surface area contributed by atoms with Gasteiger partial charge in [0, 0.05) is 18.3 Å². The van der Waals surface area contributed by atoms with E-state index in [2.05, 4.69) is 6.92 Å². The molecule has 4 atom stereocenters. The Balaban J connectivity index is 2.32. The minimum atomic E-state index is -0.316. The molecule has 0 amide bonds. The van der Waals surface area contributed by atoms with Crippen LogP contribution < -0.4 is 0 Å². The molecule has 108 valence electrons. The van der Waals surface area contributed by atoms with Gasteiger partial charge in [-0.3, -0.25) is 4.79 Å². The molecule has 3 heteroatoms. The van der Waals surface area contributed by atoms with Crippen molar-refractivity contribution in [2.45, 2.75) is 71.5 Å². The third-order valence-electron chi connectivity index (χ3n) is 4.64. The summed E-state index contributed by atoms with van der Waals surface area (Å²) >= 11 is 0. The van der Waals surface area contributed by atoms with Crippen molar-refractivity contribution >= 4 is 12.1 Å². The minimum absolute atomic E-state index is 0.0466. The highest BCUT2D eigenvalue weighted by Crippen LogP contribution is 2.53. The molecule has 0 saturated heterocycles. The smallest absolute Gasteiger partial charge is 0.139 e. The highest BCUT2D eigenvalue weighted by Gasteiger charge is 2.55. The normalized spacial score (nSPS) is 39.8. The highest BCUT2D eigenvalue weighted by molar-refractivity contribution is 5.84. The van der Waals surface area contributed by atoms with Crippen LogP contribution >= 0.6 is 0 Å². The Morgan fingerprint density at radius 2 is 2.00 bits per heavy atom. The molecule has 0 aromatic carbocycles. The van der Waals surface area contributed by atoms with Gasteiger partial charge in [-0.2, -0.15) is 0 Å². The number of aldehydes is 1. The molecule has 0 N–H and O–H groups in total. The van der Waals surface area contributed by atoms with Crippen molar-refractivity contribution in [2.24, 2.45) is 17.3 Å². The lowest BCUT2D eigenvalue weighted by Crippen LogP contribution is -2.40. The van der Waals surface area contributed by atoms with E-state index in [9.17, 15) is 9.59 Å². The predicted octanol–water partition coefficient (Wildman–Crippen LogP) is 3.15. The van der Waals surface area contributed by atoms with Gasteiger partial charge in [0.25, 0.3) is 0 Å². The summed E-state index contributed by atoms with van der Waals surface area (Å²) in [6.07, 6.45) is 5.34. The monoisotopic (exact) mass is 266 g/mol. The number of hydrogen-bond acceptors (Lipinski definition) is 3. The number of carbonyl (C=O) groups is 2. The molecule has 2 saturated carbocycles. The molecule has 0 aromatic heterocycles. The fraction of sp³-hybridized carbons (Fsp3) is 0.875. The van der Waals surface area contributed by atoms with E-state index in [1.54, 1.807) is 0 Å². The van der Waals surface area contributed by atoms with Crippen LogP contribution in [0.4, 0.5) is 0 Å². The Morgan fingerprint density at radius 1 is 1.32 bits per heavy atom. The first kappa shape index (κ1) is 14.7. The van der Waals surface area contributed by atoms with Gasteiger partial charge in [0.15, 0.2) is 0 Å². The maximum absolute atomic E-state index is 12.5. The van der Waals surface area contributed by atoms with Crippen molar-refractivity contribution in [3.63, 3.8) is 0 Å². The molecule has 2 fully saturated rings. The molecular formula is C16H26O3. The maximum Gasteiger partial charge on any atom is 0.139 e. The zero-order valence-corrected chi connectivity index (χ0v) is 12.6. The van der Waals surface area contributed by atoms with Gasteiger partial charge in [0.1, 0.15) is 12.1 Å². The van der Waals surface area contributed by atoms with Gasteiger partial charge < -0.3 is 9.53 Å². The summed E-state index contributed by atoms with van der Waals surface area (Å²) < 4.78 is 6.11. The highest BCUT2D eigenvalue weighted by atomic mass is 16.5. The molecule has 0 aromatic rings. The summed E-state index contributed by atoms with van der Waals surface area (Å²) in [5.41, 5.74) is -0.362. The van der Waals surface area contributed by atoms with Crippen LogP contribution in [-0.2, 0) is 14.3 Å². The molecule has 0 radical (unpaired) electrons. The molecule has 2 aliphatic carbocycles. The molecule has 0 spiro atoms. The lowest BCUT2D eigenvalue weighted by Gasteiger charge is -2.34. The second kappa shape index (κ2) is 5.01. The largest absolute Gasteiger partial charge is 0.371 e. The molecule has 19 heavy (non-hydrogen) atoms. The number of hydrogen-bond donors (Lipinski definition) is 0. The lowest BCUT2D eigenvalue weighted by molar-refractivity contribution is -0.141. The van der Waals surface area contributed by atoms with Crippen molar-refractivity contribution in [1.29, 1.82) is 0 Å². The number of ketones is 1. The average Bonchev–Trinajstić information content (AvgIpc) is 2.46. The third kappa shape index (κ3) is 2.91. The summed E-state index contributed by atoms with van der Waals surface area (Å²) in [7, 11) is 0. The Hall–Kier alpha value is -0.700. The molecular weight excluding hydrogens is 240 g/mol. The zero-order chi connectivity index (χ0) is 14.3. The Kier molecular flexibility index (Phi) is 3.87. The van der Waals surface area contributed by atoms with Crippen molar-refractivity contribution in [3.8, 4) is 0 Å². The van der Waals surface area contributed by atoms with E-state index >= 15 is 0 Å². The molecule has 0 aliphatic heterocycles. The lowest BCUT2D eigenvalue weighted by atomic mass is 9.75. The van der Waals surface area contributed by atoms with E-state index < -0.39 is 0 Å². The van der Waals surface area contributed by atoms with Crippen LogP contribution in [0.15, 0.2) is 0 Å². The van der Waals surface area contributed by atoms with Crippen LogP contribution in [0.5, 0.6) is 0 Å². The predicted molar refractivity (Wildman–Crippen MR) is 73.9 cm³/mol. The fourth-order valence-corrected chi connectivity index (χ4v) is 3.93. The SMILES string of the molecule is CC(C)(C)O[C@@H]1[C@@H](C=O)C[C@@]2(C)CCCCC(=O)[C@@H]12. The van der Waals surface area contributed by atoms with Crippen molar-refractivity contribution in [2.75, 3.05) is 0 Å². The van der Waals surface area contributed by atoms with Crippen molar-refractivity contribution in [3.05, 3.63) is 0 Å². The van der Waals surface area contributed by atoms with E-state index in [0.29, 0.717) is 12.2 Å². The minimum Gasteiger partial charge on any atom is -0.371 e. The molecule has 0 heterocycles. The number of ether oxygens (including phenoxy) is 1. The number of Topliss-reactive ketones (excluding diaryl/α,β-unsaturated/α-hetero) is 1. The van der Waals surface area contributed by atoms with Gasteiger partial charge in [-0.1, -0.05) is 13.3 Å². The summed E-state index contributed by atoms with van der Waals surface area (Å²) in [5, 5.41) is 0. The summed E-state index contributed by atoms with van der Waals surface area (Å²) in [5.74, 6) is 0.0827.